The first-order chi connectivity index (χ1) is 7.63. The van der Waals surface area contributed by atoms with Gasteiger partial charge in [-0.1, -0.05) is 13.8 Å². The van der Waals surface area contributed by atoms with E-state index in [-0.39, 0.29) is 5.91 Å². The highest BCUT2D eigenvalue weighted by molar-refractivity contribution is 5.95. The third kappa shape index (κ3) is 3.81. The van der Waals surface area contributed by atoms with Crippen molar-refractivity contribution in [3.05, 3.63) is 30.1 Å². The molecule has 0 aliphatic carbocycles. The Bertz CT molecular complexity index is 349. The van der Waals surface area contributed by atoms with Gasteiger partial charge in [0.25, 0.3) is 5.91 Å². The molecule has 1 aromatic heterocycles. The highest BCUT2D eigenvalue weighted by atomic mass is 16.2. The second-order valence-corrected chi connectivity index (χ2v) is 4.01. The van der Waals surface area contributed by atoms with Crippen LogP contribution in [0, 0.1) is 5.92 Å². The molecule has 1 N–H and O–H groups in total. The number of nitrogens with zero attached hydrogens (tertiary/aromatic N) is 1. The molecule has 1 radical (unpaired) electrons. The first-order valence-corrected chi connectivity index (χ1v) is 5.22. The largest absolute Gasteiger partial charge is 0.342 e. The van der Waals surface area contributed by atoms with Gasteiger partial charge in [0, 0.05) is 18.0 Å². The van der Waals surface area contributed by atoms with Crippen LogP contribution in [0.2, 0.25) is 0 Å². The van der Waals surface area contributed by atoms with E-state index in [0.29, 0.717) is 17.9 Å². The van der Waals surface area contributed by atoms with Crippen LogP contribution < -0.4 is 5.32 Å². The number of amides is 1. The third-order valence-electron chi connectivity index (χ3n) is 2.10. The summed E-state index contributed by atoms with van der Waals surface area (Å²) in [5.74, 6) is 0.0700. The van der Waals surface area contributed by atoms with E-state index in [0.717, 1.165) is 0 Å². The fourth-order valence-electron chi connectivity index (χ4n) is 1.35. The van der Waals surface area contributed by atoms with E-state index in [1.54, 1.807) is 12.1 Å². The van der Waals surface area contributed by atoms with E-state index in [1.165, 1.54) is 12.4 Å². The van der Waals surface area contributed by atoms with Gasteiger partial charge in [0.2, 0.25) is 6.29 Å². The lowest BCUT2D eigenvalue weighted by Gasteiger charge is -2.13. The van der Waals surface area contributed by atoms with E-state index in [1.807, 2.05) is 20.1 Å². The van der Waals surface area contributed by atoms with Crippen LogP contribution in [0.5, 0.6) is 0 Å². The van der Waals surface area contributed by atoms with E-state index in [4.69, 9.17) is 0 Å². The van der Waals surface area contributed by atoms with Crippen LogP contribution in [0.4, 0.5) is 0 Å². The topological polar surface area (TPSA) is 59.1 Å². The van der Waals surface area contributed by atoms with Crippen molar-refractivity contribution in [2.45, 2.75) is 26.3 Å². The maximum absolute atomic E-state index is 11.7. The molecule has 16 heavy (non-hydrogen) atoms. The molecule has 0 unspecified atom stereocenters. The molecule has 0 bridgehead atoms. The van der Waals surface area contributed by atoms with Gasteiger partial charge in [-0.15, -0.1) is 0 Å². The Morgan fingerprint density at radius 3 is 2.56 bits per heavy atom. The smallest absolute Gasteiger partial charge is 0.251 e. The second kappa shape index (κ2) is 6.00. The first kappa shape index (κ1) is 12.4. The lowest BCUT2D eigenvalue weighted by molar-refractivity contribution is 0.0943. The molecule has 0 saturated carbocycles. The van der Waals surface area contributed by atoms with Crippen LogP contribution in [-0.2, 0) is 4.79 Å². The lowest BCUT2D eigenvalue weighted by atomic mass is 10.0. The molecule has 0 fully saturated rings. The Kier molecular flexibility index (Phi) is 4.64. The molecule has 85 valence electrons. The molecule has 1 rings (SSSR count). The minimum absolute atomic E-state index is 0.267. The summed E-state index contributed by atoms with van der Waals surface area (Å²) in [5.41, 5.74) is 0.499. The quantitative estimate of drug-likeness (QED) is 0.812. The maximum Gasteiger partial charge on any atom is 0.251 e. The third-order valence-corrected chi connectivity index (χ3v) is 2.10. The Morgan fingerprint density at radius 2 is 2.06 bits per heavy atom. The first-order valence-electron chi connectivity index (χ1n) is 5.22. The second-order valence-electron chi connectivity index (χ2n) is 4.01. The summed E-state index contributed by atoms with van der Waals surface area (Å²) in [6, 6.07) is 2.67. The highest BCUT2D eigenvalue weighted by Gasteiger charge is 2.14. The zero-order valence-electron chi connectivity index (χ0n) is 9.43. The number of carbonyl (C=O) groups is 1. The van der Waals surface area contributed by atoms with Crippen LogP contribution in [0.3, 0.4) is 0 Å². The number of aromatic nitrogens is 1. The molecular formula is C12H15N2O2. The molecule has 1 atom stereocenters. The van der Waals surface area contributed by atoms with Crippen molar-refractivity contribution in [2.75, 3.05) is 0 Å². The number of nitrogens with one attached hydrogen (secondary N) is 1. The van der Waals surface area contributed by atoms with Gasteiger partial charge < -0.3 is 5.32 Å². The van der Waals surface area contributed by atoms with Crippen molar-refractivity contribution < 1.29 is 9.59 Å². The zero-order valence-corrected chi connectivity index (χ0v) is 9.43. The fourth-order valence-corrected chi connectivity index (χ4v) is 1.35. The van der Waals surface area contributed by atoms with E-state index in [2.05, 4.69) is 10.3 Å². The van der Waals surface area contributed by atoms with Crippen LogP contribution in [-0.4, -0.2) is 23.2 Å². The van der Waals surface area contributed by atoms with Gasteiger partial charge >= 0.3 is 0 Å². The van der Waals surface area contributed by atoms with Crippen LogP contribution in [0.15, 0.2) is 24.5 Å². The molecule has 0 spiro atoms. The average Bonchev–Trinajstić information content (AvgIpc) is 2.28. The number of hydrogen-bond donors (Lipinski definition) is 1. The Labute approximate surface area is 95.1 Å². The predicted octanol–water partition coefficient (Wildman–Crippen LogP) is 1.34. The monoisotopic (exact) mass is 219 g/mol. The molecule has 4 heteroatoms. The van der Waals surface area contributed by atoms with Gasteiger partial charge in [-0.25, -0.2) is 0 Å². The molecule has 0 saturated heterocycles. The van der Waals surface area contributed by atoms with Crippen molar-refractivity contribution in [3.8, 4) is 0 Å². The molecule has 0 aliphatic rings. The number of carbonyl (C=O) groups excluding carboxylic acids is 2. The van der Waals surface area contributed by atoms with Gasteiger partial charge in [0.05, 0.1) is 6.04 Å². The molecule has 0 aliphatic heterocycles. The number of pyridine rings is 1. The van der Waals surface area contributed by atoms with Crippen LogP contribution >= 0.6 is 0 Å². The normalized spacial score (nSPS) is 12.2. The van der Waals surface area contributed by atoms with Gasteiger partial charge in [-0.2, -0.15) is 0 Å². The summed E-state index contributed by atoms with van der Waals surface area (Å²) >= 11 is 0. The van der Waals surface area contributed by atoms with Crippen molar-refractivity contribution in [3.63, 3.8) is 0 Å². The van der Waals surface area contributed by atoms with E-state index >= 15 is 0 Å². The van der Waals surface area contributed by atoms with Gasteiger partial charge in [0.1, 0.15) is 0 Å². The highest BCUT2D eigenvalue weighted by Crippen LogP contribution is 2.04. The average molecular weight is 219 g/mol. The van der Waals surface area contributed by atoms with Crippen molar-refractivity contribution in [1.82, 2.24) is 10.3 Å². The molecule has 1 aromatic rings. The Hall–Kier alpha value is -1.71. The van der Waals surface area contributed by atoms with Gasteiger partial charge in [-0.3, -0.25) is 14.6 Å². The summed E-state index contributed by atoms with van der Waals surface area (Å²) in [6.45, 7) is 3.98. The van der Waals surface area contributed by atoms with Crippen molar-refractivity contribution in [1.29, 1.82) is 0 Å². The van der Waals surface area contributed by atoms with E-state index < -0.39 is 6.04 Å². The van der Waals surface area contributed by atoms with Crippen molar-refractivity contribution >= 4 is 12.2 Å². The minimum Gasteiger partial charge on any atom is -0.342 e. The van der Waals surface area contributed by atoms with Gasteiger partial charge in [-0.05, 0) is 24.5 Å². The molecule has 1 heterocycles. The standard InChI is InChI=1S/C12H15N2O2/c1-9(2)7-11(8-15)14-12(16)10-3-5-13-6-4-10/h3-6,9,11H,7H2,1-2H3,(H,14,16)/t11-/m0/s1. The Morgan fingerprint density at radius 1 is 1.44 bits per heavy atom. The van der Waals surface area contributed by atoms with Crippen molar-refractivity contribution in [2.24, 2.45) is 5.92 Å². The molecular weight excluding hydrogens is 204 g/mol. The molecule has 4 nitrogen and oxygen atoms in total. The molecule has 1 amide bonds. The number of hydrogen-bond acceptors (Lipinski definition) is 3. The Balaban J connectivity index is 2.59. The summed E-state index contributed by atoms with van der Waals surface area (Å²) in [7, 11) is 0. The molecule has 0 aromatic carbocycles. The number of rotatable bonds is 5. The zero-order chi connectivity index (χ0) is 12.0. The van der Waals surface area contributed by atoms with E-state index in [9.17, 15) is 9.59 Å². The predicted molar refractivity (Wildman–Crippen MR) is 60.6 cm³/mol. The summed E-state index contributed by atoms with van der Waals surface area (Å²) in [4.78, 5) is 26.2. The summed E-state index contributed by atoms with van der Waals surface area (Å²) in [5, 5.41) is 2.62. The minimum atomic E-state index is -0.541. The SMILES string of the molecule is CC(C)C[C@@H]([C]=O)NC(=O)c1ccncc1. The summed E-state index contributed by atoms with van der Waals surface area (Å²) < 4.78 is 0. The summed E-state index contributed by atoms with van der Waals surface area (Å²) in [6.07, 6.45) is 5.51. The lowest BCUT2D eigenvalue weighted by Crippen LogP contribution is -2.36. The van der Waals surface area contributed by atoms with Gasteiger partial charge in [0.15, 0.2) is 0 Å². The maximum atomic E-state index is 11.7. The van der Waals surface area contributed by atoms with Crippen LogP contribution in [0.1, 0.15) is 30.6 Å². The van der Waals surface area contributed by atoms with Crippen LogP contribution in [0.25, 0.3) is 0 Å². The fraction of sp³-hybridized carbons (Fsp3) is 0.417.